The molecule has 1 aliphatic heterocycles. The van der Waals surface area contributed by atoms with E-state index in [2.05, 4.69) is 48.3 Å². The number of benzene rings is 1. The van der Waals surface area contributed by atoms with E-state index in [1.54, 1.807) is 0 Å². The Morgan fingerprint density at radius 3 is 2.48 bits per heavy atom. The predicted molar refractivity (Wildman–Crippen MR) is 89.2 cm³/mol. The normalized spacial score (nSPS) is 21.8. The second-order valence-electron chi connectivity index (χ2n) is 7.09. The highest BCUT2D eigenvalue weighted by Crippen LogP contribution is 2.37. The maximum absolute atomic E-state index is 3.66. The fraction of sp³-hybridized carbons (Fsp3) is 0.684. The highest BCUT2D eigenvalue weighted by molar-refractivity contribution is 5.27. The molecule has 1 aliphatic carbocycles. The number of likely N-dealkylation sites (tertiary alicyclic amines) is 1. The molecule has 1 saturated heterocycles. The fourth-order valence-electron chi connectivity index (χ4n) is 3.66. The van der Waals surface area contributed by atoms with Gasteiger partial charge in [-0.15, -0.1) is 0 Å². The third-order valence-electron chi connectivity index (χ3n) is 5.69. The summed E-state index contributed by atoms with van der Waals surface area (Å²) in [7, 11) is 0. The number of rotatable bonds is 7. The van der Waals surface area contributed by atoms with Crippen LogP contribution in [0.25, 0.3) is 0 Å². The Morgan fingerprint density at radius 2 is 1.86 bits per heavy atom. The quantitative estimate of drug-likeness (QED) is 0.816. The fourth-order valence-corrected chi connectivity index (χ4v) is 3.66. The second kappa shape index (κ2) is 6.50. The molecule has 2 nitrogen and oxygen atoms in total. The number of nitrogens with zero attached hydrogens (tertiary/aromatic N) is 1. The summed E-state index contributed by atoms with van der Waals surface area (Å²) in [6.07, 6.45) is 6.76. The van der Waals surface area contributed by atoms with Crippen LogP contribution in [0.15, 0.2) is 24.3 Å². The molecule has 1 saturated carbocycles. The van der Waals surface area contributed by atoms with E-state index >= 15 is 0 Å². The molecule has 2 aliphatic rings. The first-order valence-corrected chi connectivity index (χ1v) is 8.77. The molecule has 3 rings (SSSR count). The first kappa shape index (κ1) is 15.1. The maximum Gasteiger partial charge on any atom is 0.0237 e. The molecule has 1 N–H and O–H groups in total. The summed E-state index contributed by atoms with van der Waals surface area (Å²) in [5.41, 5.74) is 3.60. The molecule has 116 valence electrons. The Balaban J connectivity index is 1.62. The first-order chi connectivity index (χ1) is 10.2. The van der Waals surface area contributed by atoms with Crippen LogP contribution < -0.4 is 5.32 Å². The summed E-state index contributed by atoms with van der Waals surface area (Å²) in [6.45, 7) is 9.45. The van der Waals surface area contributed by atoms with Crippen molar-refractivity contribution in [1.82, 2.24) is 10.2 Å². The van der Waals surface area contributed by atoms with Crippen LogP contribution in [0.1, 0.15) is 57.1 Å². The zero-order valence-electron chi connectivity index (χ0n) is 13.7. The summed E-state index contributed by atoms with van der Waals surface area (Å²) in [5.74, 6) is 0. The minimum atomic E-state index is 0.585. The molecule has 0 amide bonds. The molecule has 1 heterocycles. The van der Waals surface area contributed by atoms with Crippen molar-refractivity contribution in [3.63, 3.8) is 0 Å². The van der Waals surface area contributed by atoms with Gasteiger partial charge in [-0.3, -0.25) is 4.90 Å². The van der Waals surface area contributed by atoms with Crippen LogP contribution in [-0.2, 0) is 13.1 Å². The molecular weight excluding hydrogens is 256 g/mol. The minimum absolute atomic E-state index is 0.585. The van der Waals surface area contributed by atoms with Gasteiger partial charge in [-0.05, 0) is 55.2 Å². The Morgan fingerprint density at radius 1 is 1.14 bits per heavy atom. The summed E-state index contributed by atoms with van der Waals surface area (Å²) in [5, 5.41) is 3.66. The average Bonchev–Trinajstić information content (AvgIpc) is 3.26. The van der Waals surface area contributed by atoms with Crippen molar-refractivity contribution < 1.29 is 0 Å². The molecule has 0 aromatic heterocycles. The van der Waals surface area contributed by atoms with Crippen molar-refractivity contribution in [2.24, 2.45) is 5.41 Å². The Hall–Kier alpha value is -0.860. The van der Waals surface area contributed by atoms with Crippen LogP contribution in [0.3, 0.4) is 0 Å². The summed E-state index contributed by atoms with van der Waals surface area (Å²) < 4.78 is 0. The van der Waals surface area contributed by atoms with Gasteiger partial charge in [0.25, 0.3) is 0 Å². The van der Waals surface area contributed by atoms with E-state index in [4.69, 9.17) is 0 Å². The van der Waals surface area contributed by atoms with Crippen molar-refractivity contribution in [3.05, 3.63) is 35.4 Å². The minimum Gasteiger partial charge on any atom is -0.310 e. The number of hydrogen-bond donors (Lipinski definition) is 1. The van der Waals surface area contributed by atoms with Crippen LogP contribution in [0.2, 0.25) is 0 Å². The molecule has 1 aromatic rings. The lowest BCUT2D eigenvalue weighted by Crippen LogP contribution is -2.27. The van der Waals surface area contributed by atoms with Gasteiger partial charge in [0.1, 0.15) is 0 Å². The van der Waals surface area contributed by atoms with Gasteiger partial charge < -0.3 is 5.32 Å². The van der Waals surface area contributed by atoms with Gasteiger partial charge in [-0.2, -0.15) is 0 Å². The smallest absolute Gasteiger partial charge is 0.0237 e. The van der Waals surface area contributed by atoms with Crippen molar-refractivity contribution in [2.45, 2.75) is 65.1 Å². The lowest BCUT2D eigenvalue weighted by atomic mass is 9.82. The van der Waals surface area contributed by atoms with Gasteiger partial charge in [0.05, 0.1) is 0 Å². The van der Waals surface area contributed by atoms with Crippen LogP contribution >= 0.6 is 0 Å². The lowest BCUT2D eigenvalue weighted by Gasteiger charge is -2.27. The maximum atomic E-state index is 3.66. The third kappa shape index (κ3) is 3.67. The van der Waals surface area contributed by atoms with Gasteiger partial charge >= 0.3 is 0 Å². The molecule has 1 aromatic carbocycles. The molecule has 0 radical (unpaired) electrons. The molecule has 21 heavy (non-hydrogen) atoms. The first-order valence-electron chi connectivity index (χ1n) is 8.77. The van der Waals surface area contributed by atoms with Crippen LogP contribution in [0, 0.1) is 5.41 Å². The summed E-state index contributed by atoms with van der Waals surface area (Å²) >= 11 is 0. The van der Waals surface area contributed by atoms with Gasteiger partial charge in [0.2, 0.25) is 0 Å². The van der Waals surface area contributed by atoms with E-state index in [9.17, 15) is 0 Å². The number of nitrogens with one attached hydrogen (secondary N) is 1. The zero-order valence-corrected chi connectivity index (χ0v) is 13.7. The highest BCUT2D eigenvalue weighted by atomic mass is 15.2. The third-order valence-corrected chi connectivity index (χ3v) is 5.69. The zero-order chi connectivity index (χ0) is 14.7. The van der Waals surface area contributed by atoms with Crippen LogP contribution in [-0.4, -0.2) is 24.0 Å². The predicted octanol–water partition coefficient (Wildman–Crippen LogP) is 3.95. The van der Waals surface area contributed by atoms with E-state index in [1.165, 1.54) is 56.3 Å². The van der Waals surface area contributed by atoms with Gasteiger partial charge in [-0.25, -0.2) is 0 Å². The molecule has 2 fully saturated rings. The standard InChI is InChI=1S/C19H30N2/c1-3-19(4-2)11-12-21(15-19)14-17-8-6-5-7-16(17)13-20-18-9-10-18/h5-8,18,20H,3-4,9-15H2,1-2H3. The van der Waals surface area contributed by atoms with Crippen LogP contribution in [0.5, 0.6) is 0 Å². The Labute approximate surface area is 129 Å². The lowest BCUT2D eigenvalue weighted by molar-refractivity contribution is 0.236. The molecule has 0 bridgehead atoms. The van der Waals surface area contributed by atoms with E-state index in [-0.39, 0.29) is 0 Å². The Bertz CT molecular complexity index is 460. The van der Waals surface area contributed by atoms with Gasteiger partial charge in [0, 0.05) is 25.7 Å². The summed E-state index contributed by atoms with van der Waals surface area (Å²) in [6, 6.07) is 9.78. The molecule has 0 atom stereocenters. The van der Waals surface area contributed by atoms with E-state index in [0.29, 0.717) is 5.41 Å². The topological polar surface area (TPSA) is 15.3 Å². The van der Waals surface area contributed by atoms with E-state index < -0.39 is 0 Å². The van der Waals surface area contributed by atoms with Crippen molar-refractivity contribution in [1.29, 1.82) is 0 Å². The van der Waals surface area contributed by atoms with Crippen molar-refractivity contribution in [3.8, 4) is 0 Å². The van der Waals surface area contributed by atoms with E-state index in [0.717, 1.165) is 19.1 Å². The molecule has 2 heteroatoms. The van der Waals surface area contributed by atoms with Crippen molar-refractivity contribution >= 4 is 0 Å². The van der Waals surface area contributed by atoms with Crippen LogP contribution in [0.4, 0.5) is 0 Å². The Kier molecular flexibility index (Phi) is 4.66. The highest BCUT2D eigenvalue weighted by Gasteiger charge is 2.34. The number of hydrogen-bond acceptors (Lipinski definition) is 2. The SMILES string of the molecule is CCC1(CC)CCN(Cc2ccccc2CNC2CC2)C1. The van der Waals surface area contributed by atoms with Crippen molar-refractivity contribution in [2.75, 3.05) is 13.1 Å². The van der Waals surface area contributed by atoms with Gasteiger partial charge in [-0.1, -0.05) is 38.1 Å². The molecule has 0 spiro atoms. The largest absolute Gasteiger partial charge is 0.310 e. The molecular formula is C19H30N2. The second-order valence-corrected chi connectivity index (χ2v) is 7.09. The monoisotopic (exact) mass is 286 g/mol. The average molecular weight is 286 g/mol. The summed E-state index contributed by atoms with van der Waals surface area (Å²) in [4.78, 5) is 2.67. The molecule has 0 unspecified atom stereocenters. The van der Waals surface area contributed by atoms with Gasteiger partial charge in [0.15, 0.2) is 0 Å². The van der Waals surface area contributed by atoms with E-state index in [1.807, 2.05) is 0 Å².